The molecule has 0 aromatic heterocycles. The van der Waals surface area contributed by atoms with Crippen molar-refractivity contribution >= 4 is 66.7 Å². The second-order valence-electron chi connectivity index (χ2n) is 8.54. The molecule has 1 atom stereocenters. The SMILES string of the molecule is CCNC(=O)[C@H](Cc1ccccc1)N(Cc1c(Cl)cccc1Cl)C(=O)CN(c1ccccc1Br)S(C)(=O)=O. The summed E-state index contributed by atoms with van der Waals surface area (Å²) in [6, 6.07) is 20.0. The number of anilines is 1. The molecule has 0 fully saturated rings. The molecule has 0 spiro atoms. The summed E-state index contributed by atoms with van der Waals surface area (Å²) in [7, 11) is -3.87. The first-order valence-electron chi connectivity index (χ1n) is 11.8. The van der Waals surface area contributed by atoms with E-state index >= 15 is 0 Å². The number of likely N-dealkylation sites (N-methyl/N-ethyl adjacent to an activating group) is 1. The Morgan fingerprint density at radius 2 is 1.55 bits per heavy atom. The van der Waals surface area contributed by atoms with Gasteiger partial charge in [-0.2, -0.15) is 0 Å². The van der Waals surface area contributed by atoms with Gasteiger partial charge in [0.15, 0.2) is 0 Å². The summed E-state index contributed by atoms with van der Waals surface area (Å²) in [4.78, 5) is 28.7. The van der Waals surface area contributed by atoms with Crippen LogP contribution in [0.1, 0.15) is 18.1 Å². The second kappa shape index (κ2) is 13.5. The lowest BCUT2D eigenvalue weighted by molar-refractivity contribution is -0.140. The number of sulfonamides is 1. The van der Waals surface area contributed by atoms with Crippen LogP contribution in [0.4, 0.5) is 5.69 Å². The first-order chi connectivity index (χ1) is 18.0. The zero-order valence-electron chi connectivity index (χ0n) is 20.9. The maximum Gasteiger partial charge on any atom is 0.244 e. The number of hydrogen-bond donors (Lipinski definition) is 1. The topological polar surface area (TPSA) is 86.8 Å². The van der Waals surface area contributed by atoms with Crippen LogP contribution in [0.3, 0.4) is 0 Å². The standard InChI is InChI=1S/C27H28BrCl2N3O4S/c1-3-31-27(35)25(16-19-10-5-4-6-11-19)32(17-20-22(29)13-9-14-23(20)30)26(34)18-33(38(2,36)37)24-15-8-7-12-21(24)28/h4-15,25H,3,16-18H2,1-2H3,(H,31,35)/t25-/m0/s1. The number of nitrogens with one attached hydrogen (secondary N) is 1. The third-order valence-electron chi connectivity index (χ3n) is 5.81. The number of hydrogen-bond acceptors (Lipinski definition) is 4. The monoisotopic (exact) mass is 639 g/mol. The van der Waals surface area contributed by atoms with Crippen LogP contribution in [0.5, 0.6) is 0 Å². The first-order valence-corrected chi connectivity index (χ1v) is 15.2. The average molecular weight is 641 g/mol. The molecule has 0 aliphatic rings. The third kappa shape index (κ3) is 7.72. The number of benzene rings is 3. The number of carbonyl (C=O) groups is 2. The van der Waals surface area contributed by atoms with Gasteiger partial charge in [-0.05, 0) is 52.7 Å². The Morgan fingerprint density at radius 3 is 2.13 bits per heavy atom. The van der Waals surface area contributed by atoms with Crippen molar-refractivity contribution in [1.29, 1.82) is 0 Å². The molecule has 0 bridgehead atoms. The highest BCUT2D eigenvalue weighted by Crippen LogP contribution is 2.30. The molecule has 0 aliphatic heterocycles. The molecule has 7 nitrogen and oxygen atoms in total. The zero-order valence-corrected chi connectivity index (χ0v) is 24.8. The van der Waals surface area contributed by atoms with E-state index in [4.69, 9.17) is 23.2 Å². The highest BCUT2D eigenvalue weighted by molar-refractivity contribution is 9.10. The summed E-state index contributed by atoms with van der Waals surface area (Å²) < 4.78 is 27.2. The highest BCUT2D eigenvalue weighted by atomic mass is 79.9. The van der Waals surface area contributed by atoms with Crippen molar-refractivity contribution in [3.8, 4) is 0 Å². The fraction of sp³-hybridized carbons (Fsp3) is 0.259. The van der Waals surface area contributed by atoms with Crippen LogP contribution in [0.15, 0.2) is 77.3 Å². The van der Waals surface area contributed by atoms with Gasteiger partial charge < -0.3 is 10.2 Å². The minimum Gasteiger partial charge on any atom is -0.355 e. The lowest BCUT2D eigenvalue weighted by atomic mass is 10.0. The molecule has 3 rings (SSSR count). The number of rotatable bonds is 11. The van der Waals surface area contributed by atoms with Crippen LogP contribution in [0, 0.1) is 0 Å². The predicted molar refractivity (Wildman–Crippen MR) is 156 cm³/mol. The second-order valence-corrected chi connectivity index (χ2v) is 12.1. The molecule has 3 aromatic rings. The Bertz CT molecular complexity index is 1370. The normalized spacial score (nSPS) is 12.0. The molecule has 0 saturated heterocycles. The van der Waals surface area contributed by atoms with Crippen LogP contribution in [-0.2, 0) is 32.6 Å². The molecule has 1 N–H and O–H groups in total. The molecule has 38 heavy (non-hydrogen) atoms. The summed E-state index contributed by atoms with van der Waals surface area (Å²) >= 11 is 16.3. The zero-order chi connectivity index (χ0) is 27.9. The van der Waals surface area contributed by atoms with Crippen LogP contribution in [0.25, 0.3) is 0 Å². The largest absolute Gasteiger partial charge is 0.355 e. The van der Waals surface area contributed by atoms with Gasteiger partial charge >= 0.3 is 0 Å². The maximum absolute atomic E-state index is 14.0. The van der Waals surface area contributed by atoms with Gasteiger partial charge in [-0.15, -0.1) is 0 Å². The van der Waals surface area contributed by atoms with Crippen molar-refractivity contribution in [3.63, 3.8) is 0 Å². The minimum absolute atomic E-state index is 0.0977. The van der Waals surface area contributed by atoms with E-state index in [0.717, 1.165) is 16.1 Å². The highest BCUT2D eigenvalue weighted by Gasteiger charge is 2.34. The van der Waals surface area contributed by atoms with E-state index in [2.05, 4.69) is 21.2 Å². The smallest absolute Gasteiger partial charge is 0.244 e. The maximum atomic E-state index is 14.0. The quantitative estimate of drug-likeness (QED) is 0.308. The van der Waals surface area contributed by atoms with Gasteiger partial charge in [-0.1, -0.05) is 71.7 Å². The third-order valence-corrected chi connectivity index (χ3v) is 8.32. The van der Waals surface area contributed by atoms with E-state index in [1.54, 1.807) is 49.4 Å². The molecular weight excluding hydrogens is 613 g/mol. The molecule has 3 aromatic carbocycles. The first kappa shape index (κ1) is 30.0. The van der Waals surface area contributed by atoms with Crippen molar-refractivity contribution in [3.05, 3.63) is 98.4 Å². The van der Waals surface area contributed by atoms with E-state index in [0.29, 0.717) is 32.3 Å². The summed E-state index contributed by atoms with van der Waals surface area (Å²) in [6.45, 7) is 1.51. The van der Waals surface area contributed by atoms with Gasteiger partial charge in [0, 0.05) is 39.6 Å². The fourth-order valence-electron chi connectivity index (χ4n) is 3.95. The van der Waals surface area contributed by atoms with Crippen molar-refractivity contribution < 1.29 is 18.0 Å². The minimum atomic E-state index is -3.87. The average Bonchev–Trinajstić information content (AvgIpc) is 2.86. The van der Waals surface area contributed by atoms with Gasteiger partial charge in [0.1, 0.15) is 12.6 Å². The Labute approximate surface area is 241 Å². The van der Waals surface area contributed by atoms with Crippen LogP contribution in [-0.4, -0.2) is 50.5 Å². The molecular formula is C27H28BrCl2N3O4S. The molecule has 0 heterocycles. The van der Waals surface area contributed by atoms with Crippen molar-refractivity contribution in [2.45, 2.75) is 25.9 Å². The van der Waals surface area contributed by atoms with Gasteiger partial charge in [0.2, 0.25) is 21.8 Å². The Kier molecular flexibility index (Phi) is 10.6. The number of halogens is 3. The van der Waals surface area contributed by atoms with Crippen LogP contribution in [0.2, 0.25) is 10.0 Å². The van der Waals surface area contributed by atoms with Gasteiger partial charge in [-0.25, -0.2) is 8.42 Å². The molecule has 0 saturated carbocycles. The van der Waals surface area contributed by atoms with E-state index in [1.165, 1.54) is 4.90 Å². The molecule has 0 radical (unpaired) electrons. The summed E-state index contributed by atoms with van der Waals surface area (Å²) in [5, 5.41) is 3.46. The number of nitrogens with zero attached hydrogens (tertiary/aromatic N) is 2. The van der Waals surface area contributed by atoms with Crippen molar-refractivity contribution in [2.75, 3.05) is 23.7 Å². The number of carbonyl (C=O) groups excluding carboxylic acids is 2. The van der Waals surface area contributed by atoms with Gasteiger partial charge in [0.25, 0.3) is 0 Å². The Morgan fingerprint density at radius 1 is 0.947 bits per heavy atom. The number of amides is 2. The Balaban J connectivity index is 2.10. The number of para-hydroxylation sites is 1. The summed E-state index contributed by atoms with van der Waals surface area (Å²) in [5.41, 5.74) is 1.59. The molecule has 202 valence electrons. The molecule has 11 heteroatoms. The lowest BCUT2D eigenvalue weighted by Gasteiger charge is -2.34. The van der Waals surface area contributed by atoms with E-state index in [-0.39, 0.29) is 18.9 Å². The summed E-state index contributed by atoms with van der Waals surface area (Å²) in [6.07, 6.45) is 1.23. The predicted octanol–water partition coefficient (Wildman–Crippen LogP) is 5.30. The van der Waals surface area contributed by atoms with Gasteiger partial charge in [-0.3, -0.25) is 13.9 Å². The Hall–Kier alpha value is -2.59. The van der Waals surface area contributed by atoms with Gasteiger partial charge in [0.05, 0.1) is 11.9 Å². The lowest BCUT2D eigenvalue weighted by Crippen LogP contribution is -2.53. The van der Waals surface area contributed by atoms with Crippen molar-refractivity contribution in [1.82, 2.24) is 10.2 Å². The molecule has 2 amide bonds. The van der Waals surface area contributed by atoms with E-state index in [1.807, 2.05) is 30.3 Å². The van der Waals surface area contributed by atoms with Crippen molar-refractivity contribution in [2.24, 2.45) is 0 Å². The van der Waals surface area contributed by atoms with Crippen LogP contribution < -0.4 is 9.62 Å². The van der Waals surface area contributed by atoms with Crippen LogP contribution >= 0.6 is 39.1 Å². The van der Waals surface area contributed by atoms with E-state index in [9.17, 15) is 18.0 Å². The van der Waals surface area contributed by atoms with E-state index < -0.39 is 28.5 Å². The summed E-state index contributed by atoms with van der Waals surface area (Å²) in [5.74, 6) is -0.964. The molecule has 0 unspecified atom stereocenters. The fourth-order valence-corrected chi connectivity index (χ4v) is 5.94. The molecule has 0 aliphatic carbocycles.